The molecule has 1 atom stereocenters. The number of thioether (sulfide) groups is 1. The maximum atomic E-state index is 12.2. The summed E-state index contributed by atoms with van der Waals surface area (Å²) in [5.41, 5.74) is -4.06. The third kappa shape index (κ3) is 8.25. The van der Waals surface area contributed by atoms with Crippen molar-refractivity contribution in [3.63, 3.8) is 0 Å². The van der Waals surface area contributed by atoms with E-state index < -0.39 is 5.51 Å². The van der Waals surface area contributed by atoms with Crippen LogP contribution in [0.1, 0.15) is 52.9 Å². The zero-order valence-corrected chi connectivity index (χ0v) is 12.5. The highest BCUT2D eigenvalue weighted by atomic mass is 32.2. The summed E-state index contributed by atoms with van der Waals surface area (Å²) in [4.78, 5) is 0. The van der Waals surface area contributed by atoms with Crippen LogP contribution in [0, 0.1) is 5.41 Å². The predicted molar refractivity (Wildman–Crippen MR) is 73.9 cm³/mol. The van der Waals surface area contributed by atoms with Crippen molar-refractivity contribution in [2.75, 3.05) is 18.8 Å². The zero-order valence-electron chi connectivity index (χ0n) is 11.7. The summed E-state index contributed by atoms with van der Waals surface area (Å²) >= 11 is 0.115. The molecule has 1 N–H and O–H groups in total. The van der Waals surface area contributed by atoms with Gasteiger partial charge in [0, 0.05) is 12.3 Å². The lowest BCUT2D eigenvalue weighted by Crippen LogP contribution is -2.34. The standard InChI is InChI=1S/C13H26F3NS/c1-4-7-8-12(5-2,11-17-6-3)9-10-18-13(14,15)16/h17H,4-11H2,1-3H3. The van der Waals surface area contributed by atoms with Crippen LogP contribution < -0.4 is 5.32 Å². The maximum absolute atomic E-state index is 12.2. The molecule has 0 bridgehead atoms. The van der Waals surface area contributed by atoms with Crippen LogP contribution in [0.15, 0.2) is 0 Å². The highest BCUT2D eigenvalue weighted by Gasteiger charge is 2.32. The molecule has 1 nitrogen and oxygen atoms in total. The van der Waals surface area contributed by atoms with Gasteiger partial charge in [-0.15, -0.1) is 0 Å². The molecule has 0 aliphatic heterocycles. The van der Waals surface area contributed by atoms with E-state index >= 15 is 0 Å². The van der Waals surface area contributed by atoms with Crippen LogP contribution in [0.3, 0.4) is 0 Å². The Bertz CT molecular complexity index is 199. The second-order valence-corrected chi connectivity index (χ2v) is 5.94. The fourth-order valence-electron chi connectivity index (χ4n) is 2.11. The number of nitrogens with one attached hydrogen (secondary N) is 1. The summed E-state index contributed by atoms with van der Waals surface area (Å²) in [5, 5.41) is 3.31. The van der Waals surface area contributed by atoms with Crippen LogP contribution in [0.2, 0.25) is 0 Å². The second kappa shape index (κ2) is 9.08. The number of hydrogen-bond donors (Lipinski definition) is 1. The van der Waals surface area contributed by atoms with E-state index in [2.05, 4.69) is 19.2 Å². The van der Waals surface area contributed by atoms with Crippen LogP contribution in [0.5, 0.6) is 0 Å². The maximum Gasteiger partial charge on any atom is 0.441 e. The predicted octanol–water partition coefficient (Wildman–Crippen LogP) is 4.83. The summed E-state index contributed by atoms with van der Waals surface area (Å²) in [7, 11) is 0. The summed E-state index contributed by atoms with van der Waals surface area (Å²) in [6.45, 7) is 7.95. The largest absolute Gasteiger partial charge is 0.441 e. The molecule has 1 unspecified atom stereocenters. The van der Waals surface area contributed by atoms with E-state index in [0.29, 0.717) is 6.42 Å². The molecule has 18 heavy (non-hydrogen) atoms. The first-order valence-corrected chi connectivity index (χ1v) is 7.79. The monoisotopic (exact) mass is 285 g/mol. The minimum Gasteiger partial charge on any atom is -0.316 e. The van der Waals surface area contributed by atoms with Crippen LogP contribution in [0.4, 0.5) is 13.2 Å². The molecule has 0 saturated heterocycles. The van der Waals surface area contributed by atoms with Crippen LogP contribution in [-0.4, -0.2) is 24.4 Å². The van der Waals surface area contributed by atoms with E-state index in [1.165, 1.54) is 0 Å². The van der Waals surface area contributed by atoms with Crippen LogP contribution >= 0.6 is 11.8 Å². The molecule has 0 spiro atoms. The Balaban J connectivity index is 4.32. The number of halogens is 3. The van der Waals surface area contributed by atoms with E-state index in [0.717, 1.165) is 38.8 Å². The summed E-state index contributed by atoms with van der Waals surface area (Å²) in [5.74, 6) is 0.173. The fourth-order valence-corrected chi connectivity index (χ4v) is 2.87. The van der Waals surface area contributed by atoms with E-state index in [-0.39, 0.29) is 22.9 Å². The van der Waals surface area contributed by atoms with Gasteiger partial charge in [-0.05, 0) is 31.2 Å². The first-order chi connectivity index (χ1) is 8.39. The Morgan fingerprint density at radius 3 is 2.17 bits per heavy atom. The Hall–Kier alpha value is 0.1000. The van der Waals surface area contributed by atoms with Crippen molar-refractivity contribution in [3.8, 4) is 0 Å². The fraction of sp³-hybridized carbons (Fsp3) is 1.00. The molecule has 0 saturated carbocycles. The van der Waals surface area contributed by atoms with Crippen LogP contribution in [-0.2, 0) is 0 Å². The van der Waals surface area contributed by atoms with Crippen molar-refractivity contribution in [2.45, 2.75) is 58.4 Å². The highest BCUT2D eigenvalue weighted by Crippen LogP contribution is 2.37. The SMILES string of the molecule is CCCCC(CC)(CCSC(F)(F)F)CNCC. The van der Waals surface area contributed by atoms with E-state index in [4.69, 9.17) is 0 Å². The minimum absolute atomic E-state index is 0.0320. The van der Waals surface area contributed by atoms with Gasteiger partial charge in [0.25, 0.3) is 0 Å². The number of unbranched alkanes of at least 4 members (excludes halogenated alkanes) is 1. The van der Waals surface area contributed by atoms with Crippen molar-refractivity contribution < 1.29 is 13.2 Å². The smallest absolute Gasteiger partial charge is 0.316 e. The highest BCUT2D eigenvalue weighted by molar-refractivity contribution is 8.00. The normalized spacial score (nSPS) is 15.7. The lowest BCUT2D eigenvalue weighted by atomic mass is 9.77. The first kappa shape index (κ1) is 18.1. The van der Waals surface area contributed by atoms with Gasteiger partial charge >= 0.3 is 5.51 Å². The Morgan fingerprint density at radius 1 is 1.06 bits per heavy atom. The molecule has 0 aliphatic carbocycles. The molecular weight excluding hydrogens is 259 g/mol. The van der Waals surface area contributed by atoms with E-state index in [1.807, 2.05) is 6.92 Å². The second-order valence-electron chi connectivity index (χ2n) is 4.78. The van der Waals surface area contributed by atoms with Gasteiger partial charge in [-0.2, -0.15) is 13.2 Å². The Labute approximate surface area is 113 Å². The molecule has 110 valence electrons. The van der Waals surface area contributed by atoms with Gasteiger partial charge in [-0.3, -0.25) is 0 Å². The van der Waals surface area contributed by atoms with Gasteiger partial charge in [-0.25, -0.2) is 0 Å². The van der Waals surface area contributed by atoms with Gasteiger partial charge < -0.3 is 5.32 Å². The van der Waals surface area contributed by atoms with Crippen LogP contribution in [0.25, 0.3) is 0 Å². The van der Waals surface area contributed by atoms with Crippen molar-refractivity contribution >= 4 is 11.8 Å². The lowest BCUT2D eigenvalue weighted by molar-refractivity contribution is -0.0329. The van der Waals surface area contributed by atoms with Gasteiger partial charge in [0.15, 0.2) is 0 Å². The Morgan fingerprint density at radius 2 is 1.72 bits per heavy atom. The molecule has 5 heteroatoms. The molecule has 0 rings (SSSR count). The molecule has 0 fully saturated rings. The lowest BCUT2D eigenvalue weighted by Gasteiger charge is -2.33. The van der Waals surface area contributed by atoms with Crippen molar-refractivity contribution in [1.29, 1.82) is 0 Å². The molecule has 0 amide bonds. The molecule has 0 aromatic carbocycles. The van der Waals surface area contributed by atoms with Gasteiger partial charge in [0.1, 0.15) is 0 Å². The average Bonchev–Trinajstić information content (AvgIpc) is 2.31. The molecular formula is C13H26F3NS. The van der Waals surface area contributed by atoms with Gasteiger partial charge in [0.05, 0.1) is 0 Å². The molecule has 0 heterocycles. The molecule has 0 aromatic rings. The topological polar surface area (TPSA) is 12.0 Å². The van der Waals surface area contributed by atoms with Crippen molar-refractivity contribution in [2.24, 2.45) is 5.41 Å². The molecule has 0 radical (unpaired) electrons. The summed E-state index contributed by atoms with van der Waals surface area (Å²) in [6.07, 6.45) is 4.79. The summed E-state index contributed by atoms with van der Waals surface area (Å²) < 4.78 is 36.6. The number of rotatable bonds is 10. The third-order valence-electron chi connectivity index (χ3n) is 3.46. The minimum atomic E-state index is -4.09. The number of hydrogen-bond acceptors (Lipinski definition) is 2. The van der Waals surface area contributed by atoms with Gasteiger partial charge in [0.2, 0.25) is 0 Å². The molecule has 0 aliphatic rings. The van der Waals surface area contributed by atoms with Crippen molar-refractivity contribution in [1.82, 2.24) is 5.32 Å². The molecule has 0 aromatic heterocycles. The van der Waals surface area contributed by atoms with Gasteiger partial charge in [-0.1, -0.05) is 45.4 Å². The van der Waals surface area contributed by atoms with Crippen molar-refractivity contribution in [3.05, 3.63) is 0 Å². The van der Waals surface area contributed by atoms with E-state index in [9.17, 15) is 13.2 Å². The zero-order chi connectivity index (χ0) is 14.1. The average molecular weight is 285 g/mol. The third-order valence-corrected chi connectivity index (χ3v) is 4.19. The van der Waals surface area contributed by atoms with E-state index in [1.54, 1.807) is 0 Å². The quantitative estimate of drug-likeness (QED) is 0.617. The first-order valence-electron chi connectivity index (χ1n) is 6.80. The number of alkyl halides is 3. The Kier molecular flexibility index (Phi) is 9.13. The summed E-state index contributed by atoms with van der Waals surface area (Å²) in [6, 6.07) is 0.